The number of hydrogen-bond donors (Lipinski definition) is 1. The van der Waals surface area contributed by atoms with E-state index < -0.39 is 15.1 Å². The van der Waals surface area contributed by atoms with E-state index in [1.165, 1.54) is 5.56 Å². The van der Waals surface area contributed by atoms with Crippen LogP contribution >= 0.6 is 0 Å². The zero-order valence-electron chi connectivity index (χ0n) is 21.8. The Labute approximate surface area is 217 Å². The lowest BCUT2D eigenvalue weighted by Crippen LogP contribution is -2.26. The highest BCUT2D eigenvalue weighted by Gasteiger charge is 2.20. The minimum Gasteiger partial charge on any atom is -0.415 e. The van der Waals surface area contributed by atoms with Crippen LogP contribution < -0.4 is 5.32 Å². The molecule has 9 nitrogen and oxygen atoms in total. The van der Waals surface area contributed by atoms with E-state index in [0.717, 1.165) is 30.8 Å². The summed E-state index contributed by atoms with van der Waals surface area (Å²) in [5, 5.41) is 11.4. The molecule has 1 N–H and O–H groups in total. The van der Waals surface area contributed by atoms with Gasteiger partial charge in [-0.25, -0.2) is 13.4 Å². The van der Waals surface area contributed by atoms with Gasteiger partial charge in [0.15, 0.2) is 9.84 Å². The first-order valence-corrected chi connectivity index (χ1v) is 13.7. The van der Waals surface area contributed by atoms with Gasteiger partial charge in [-0.1, -0.05) is 24.3 Å². The molecule has 4 aromatic rings. The normalized spacial score (nSPS) is 12.0. The van der Waals surface area contributed by atoms with Gasteiger partial charge in [-0.3, -0.25) is 4.98 Å². The van der Waals surface area contributed by atoms with Crippen LogP contribution in [-0.2, 0) is 16.4 Å². The molecule has 0 unspecified atom stereocenters. The standard InChI is InChI=1S/C27H32N6O3S/c1-18(2)37(34,35)23-12-10-21(11-13-23)24-17-29-19(3)25(30-24)27-32-31-26(36-27)22-8-6-20(7-9-22)16-28-14-15-33(4)5/h6-13,17-18,28H,14-16H2,1-5H3. The summed E-state index contributed by atoms with van der Waals surface area (Å²) in [5.74, 6) is 0.673. The van der Waals surface area contributed by atoms with Crippen molar-refractivity contribution >= 4 is 9.84 Å². The number of sulfone groups is 1. The quantitative estimate of drug-likeness (QED) is 0.310. The SMILES string of the molecule is Cc1ncc(-c2ccc(S(=O)(=O)C(C)C)cc2)nc1-c1nnc(-c2ccc(CNCCN(C)C)cc2)o1. The van der Waals surface area contributed by atoms with Crippen molar-refractivity contribution < 1.29 is 12.8 Å². The smallest absolute Gasteiger partial charge is 0.268 e. The predicted molar refractivity (Wildman–Crippen MR) is 144 cm³/mol. The number of hydrogen-bond acceptors (Lipinski definition) is 9. The van der Waals surface area contributed by atoms with Gasteiger partial charge in [0, 0.05) is 30.8 Å². The molecule has 2 aromatic heterocycles. The average Bonchev–Trinajstić information content (AvgIpc) is 3.37. The van der Waals surface area contributed by atoms with E-state index in [0.29, 0.717) is 23.0 Å². The van der Waals surface area contributed by atoms with Crippen LogP contribution in [0.5, 0.6) is 0 Å². The third kappa shape index (κ3) is 6.27. The summed E-state index contributed by atoms with van der Waals surface area (Å²) >= 11 is 0. The third-order valence-electron chi connectivity index (χ3n) is 5.95. The predicted octanol–water partition coefficient (Wildman–Crippen LogP) is 4.00. The van der Waals surface area contributed by atoms with E-state index >= 15 is 0 Å². The Hall–Kier alpha value is -3.47. The summed E-state index contributed by atoms with van der Waals surface area (Å²) in [7, 11) is 0.763. The monoisotopic (exact) mass is 520 g/mol. The van der Waals surface area contributed by atoms with Gasteiger partial charge < -0.3 is 14.6 Å². The van der Waals surface area contributed by atoms with Crippen molar-refractivity contribution in [2.75, 3.05) is 27.2 Å². The van der Waals surface area contributed by atoms with Gasteiger partial charge in [-0.15, -0.1) is 10.2 Å². The van der Waals surface area contributed by atoms with Crippen LogP contribution in [0.25, 0.3) is 34.3 Å². The fraction of sp³-hybridized carbons (Fsp3) is 0.333. The molecule has 0 atom stereocenters. The average molecular weight is 521 g/mol. The summed E-state index contributed by atoms with van der Waals surface area (Å²) < 4.78 is 30.8. The first-order chi connectivity index (χ1) is 17.6. The Morgan fingerprint density at radius 3 is 2.24 bits per heavy atom. The molecular weight excluding hydrogens is 488 g/mol. The first-order valence-electron chi connectivity index (χ1n) is 12.1. The van der Waals surface area contributed by atoms with Gasteiger partial charge in [-0.05, 0) is 64.7 Å². The molecule has 0 amide bonds. The Kier molecular flexibility index (Phi) is 8.11. The Morgan fingerprint density at radius 1 is 0.946 bits per heavy atom. The molecule has 4 rings (SSSR count). The first kappa shape index (κ1) is 26.6. The molecule has 0 aliphatic rings. The highest BCUT2D eigenvalue weighted by molar-refractivity contribution is 7.92. The maximum atomic E-state index is 12.4. The van der Waals surface area contributed by atoms with Gasteiger partial charge in [0.1, 0.15) is 5.69 Å². The van der Waals surface area contributed by atoms with Gasteiger partial charge in [0.2, 0.25) is 5.89 Å². The molecule has 0 saturated carbocycles. The second-order valence-corrected chi connectivity index (χ2v) is 11.9. The van der Waals surface area contributed by atoms with Crippen LogP contribution in [0.15, 0.2) is 64.0 Å². The van der Waals surface area contributed by atoms with E-state index in [1.54, 1.807) is 44.3 Å². The largest absolute Gasteiger partial charge is 0.415 e. The molecule has 0 radical (unpaired) electrons. The van der Waals surface area contributed by atoms with Crippen LogP contribution in [0.2, 0.25) is 0 Å². The number of aryl methyl sites for hydroxylation is 1. The Bertz CT molecular complexity index is 1450. The number of nitrogens with zero attached hydrogens (tertiary/aromatic N) is 5. The molecule has 194 valence electrons. The summed E-state index contributed by atoms with van der Waals surface area (Å²) in [5.41, 5.74) is 4.45. The minimum atomic E-state index is -3.34. The zero-order chi connectivity index (χ0) is 26.6. The van der Waals surface area contributed by atoms with Crippen LogP contribution in [-0.4, -0.2) is 65.9 Å². The molecule has 2 aromatic carbocycles. The van der Waals surface area contributed by atoms with Crippen LogP contribution in [0.4, 0.5) is 0 Å². The second-order valence-electron chi connectivity index (χ2n) is 9.40. The van der Waals surface area contributed by atoms with Crippen molar-refractivity contribution in [3.05, 3.63) is 66.0 Å². The zero-order valence-corrected chi connectivity index (χ0v) is 22.6. The van der Waals surface area contributed by atoms with E-state index in [1.807, 2.05) is 31.2 Å². The fourth-order valence-electron chi connectivity index (χ4n) is 3.61. The van der Waals surface area contributed by atoms with Gasteiger partial charge >= 0.3 is 0 Å². The topological polar surface area (TPSA) is 114 Å². The second kappa shape index (κ2) is 11.3. The van der Waals surface area contributed by atoms with Gasteiger partial charge in [-0.2, -0.15) is 0 Å². The molecule has 0 bridgehead atoms. The van der Waals surface area contributed by atoms with Crippen molar-refractivity contribution in [2.24, 2.45) is 0 Å². The number of nitrogens with one attached hydrogen (secondary N) is 1. The summed E-state index contributed by atoms with van der Waals surface area (Å²) in [6.45, 7) is 7.85. The van der Waals surface area contributed by atoms with E-state index in [-0.39, 0.29) is 10.8 Å². The van der Waals surface area contributed by atoms with Crippen LogP contribution in [0.3, 0.4) is 0 Å². The lowest BCUT2D eigenvalue weighted by atomic mass is 10.1. The third-order valence-corrected chi connectivity index (χ3v) is 8.12. The van der Waals surface area contributed by atoms with Crippen LogP contribution in [0.1, 0.15) is 25.1 Å². The van der Waals surface area contributed by atoms with Crippen molar-refractivity contribution in [2.45, 2.75) is 37.5 Å². The molecule has 2 heterocycles. The fourth-order valence-corrected chi connectivity index (χ4v) is 4.67. The highest BCUT2D eigenvalue weighted by atomic mass is 32.2. The highest BCUT2D eigenvalue weighted by Crippen LogP contribution is 2.27. The molecule has 10 heteroatoms. The lowest BCUT2D eigenvalue weighted by Gasteiger charge is -2.10. The number of likely N-dealkylation sites (N-methyl/N-ethyl adjacent to an activating group) is 1. The minimum absolute atomic E-state index is 0.273. The van der Waals surface area contributed by atoms with Crippen molar-refractivity contribution in [1.82, 2.24) is 30.4 Å². The van der Waals surface area contributed by atoms with Crippen molar-refractivity contribution in [3.8, 4) is 34.3 Å². The van der Waals surface area contributed by atoms with E-state index in [4.69, 9.17) is 9.40 Å². The Balaban J connectivity index is 1.51. The summed E-state index contributed by atoms with van der Waals surface area (Å²) in [6.07, 6.45) is 1.65. The Morgan fingerprint density at radius 2 is 1.59 bits per heavy atom. The van der Waals surface area contributed by atoms with Crippen molar-refractivity contribution in [3.63, 3.8) is 0 Å². The van der Waals surface area contributed by atoms with E-state index in [9.17, 15) is 8.42 Å². The maximum absolute atomic E-state index is 12.4. The molecule has 0 spiro atoms. The van der Waals surface area contributed by atoms with Gasteiger partial charge in [0.25, 0.3) is 5.89 Å². The van der Waals surface area contributed by atoms with Crippen molar-refractivity contribution in [1.29, 1.82) is 0 Å². The summed E-state index contributed by atoms with van der Waals surface area (Å²) in [4.78, 5) is 11.6. The number of rotatable bonds is 10. The molecule has 0 aliphatic carbocycles. The lowest BCUT2D eigenvalue weighted by molar-refractivity contribution is 0.400. The summed E-state index contributed by atoms with van der Waals surface area (Å²) in [6, 6.07) is 14.6. The molecular formula is C27H32N6O3S. The molecule has 0 saturated heterocycles. The molecule has 37 heavy (non-hydrogen) atoms. The van der Waals surface area contributed by atoms with Crippen LogP contribution in [0, 0.1) is 6.92 Å². The molecule has 0 aliphatic heterocycles. The molecule has 0 fully saturated rings. The maximum Gasteiger partial charge on any atom is 0.268 e. The van der Waals surface area contributed by atoms with Gasteiger partial charge in [0.05, 0.1) is 27.7 Å². The number of aromatic nitrogens is 4. The number of benzene rings is 2. The van der Waals surface area contributed by atoms with E-state index in [2.05, 4.69) is 39.5 Å².